The Morgan fingerprint density at radius 2 is 1.85 bits per heavy atom. The van der Waals surface area contributed by atoms with Gasteiger partial charge in [0.15, 0.2) is 11.6 Å². The van der Waals surface area contributed by atoms with E-state index in [0.29, 0.717) is 18.8 Å². The Morgan fingerprint density at radius 1 is 1.12 bits per heavy atom. The summed E-state index contributed by atoms with van der Waals surface area (Å²) in [6.07, 6.45) is 1.72. The molecule has 0 bridgehead atoms. The Balaban J connectivity index is 1.64. The van der Waals surface area contributed by atoms with E-state index in [9.17, 15) is 13.6 Å². The number of hydrogen-bond donors (Lipinski definition) is 2. The quantitative estimate of drug-likeness (QED) is 0.835. The highest BCUT2D eigenvalue weighted by Crippen LogP contribution is 2.22. The largest absolute Gasteiger partial charge is 0.380 e. The molecule has 1 aliphatic heterocycles. The summed E-state index contributed by atoms with van der Waals surface area (Å²) in [6.45, 7) is 5.11. The fraction of sp³-hybridized carbons (Fsp3) is 0.350. The van der Waals surface area contributed by atoms with Crippen molar-refractivity contribution in [2.75, 3.05) is 23.7 Å². The molecule has 0 spiro atoms. The van der Waals surface area contributed by atoms with Crippen LogP contribution in [0.3, 0.4) is 0 Å². The minimum atomic E-state index is -0.879. The second-order valence-electron chi connectivity index (χ2n) is 6.76. The third-order valence-corrected chi connectivity index (χ3v) is 4.71. The van der Waals surface area contributed by atoms with Crippen molar-refractivity contribution in [2.24, 2.45) is 0 Å². The lowest BCUT2D eigenvalue weighted by Gasteiger charge is -2.34. The van der Waals surface area contributed by atoms with E-state index < -0.39 is 11.6 Å². The summed E-state index contributed by atoms with van der Waals surface area (Å²) < 4.78 is 26.4. The molecule has 1 aliphatic rings. The van der Waals surface area contributed by atoms with E-state index >= 15 is 0 Å². The SMILES string of the molecule is Cc1cccc(C)c1NC(=O)N1CCCC(Nc2ccc(F)c(F)c2)C1. The van der Waals surface area contributed by atoms with Crippen LogP contribution in [0.15, 0.2) is 36.4 Å². The van der Waals surface area contributed by atoms with Crippen molar-refractivity contribution in [3.63, 3.8) is 0 Å². The van der Waals surface area contributed by atoms with Gasteiger partial charge in [-0.25, -0.2) is 13.6 Å². The van der Waals surface area contributed by atoms with Gasteiger partial charge in [0.05, 0.1) is 0 Å². The van der Waals surface area contributed by atoms with Gasteiger partial charge in [-0.05, 0) is 49.9 Å². The van der Waals surface area contributed by atoms with Gasteiger partial charge >= 0.3 is 6.03 Å². The zero-order valence-electron chi connectivity index (χ0n) is 15.0. The molecular weight excluding hydrogens is 336 g/mol. The van der Waals surface area contributed by atoms with Gasteiger partial charge in [-0.1, -0.05) is 18.2 Å². The van der Waals surface area contributed by atoms with E-state index in [2.05, 4.69) is 10.6 Å². The minimum absolute atomic E-state index is 0.00247. The molecule has 2 N–H and O–H groups in total. The number of benzene rings is 2. The van der Waals surface area contributed by atoms with Crippen molar-refractivity contribution in [3.05, 3.63) is 59.2 Å². The van der Waals surface area contributed by atoms with Gasteiger partial charge in [-0.3, -0.25) is 0 Å². The lowest BCUT2D eigenvalue weighted by Crippen LogP contribution is -2.47. The third kappa shape index (κ3) is 4.12. The van der Waals surface area contributed by atoms with E-state index in [1.807, 2.05) is 32.0 Å². The van der Waals surface area contributed by atoms with Crippen LogP contribution in [-0.2, 0) is 0 Å². The summed E-state index contributed by atoms with van der Waals surface area (Å²) in [4.78, 5) is 14.4. The first-order valence-corrected chi connectivity index (χ1v) is 8.78. The Morgan fingerprint density at radius 3 is 2.54 bits per heavy atom. The van der Waals surface area contributed by atoms with Gasteiger partial charge in [0, 0.05) is 36.6 Å². The monoisotopic (exact) mass is 359 g/mol. The number of anilines is 2. The van der Waals surface area contributed by atoms with Crippen LogP contribution >= 0.6 is 0 Å². The first-order valence-electron chi connectivity index (χ1n) is 8.78. The number of piperidine rings is 1. The Hall–Kier alpha value is -2.63. The average Bonchev–Trinajstić information content (AvgIpc) is 2.61. The molecule has 2 aromatic carbocycles. The van der Waals surface area contributed by atoms with Gasteiger partial charge in [0.1, 0.15) is 0 Å². The van der Waals surface area contributed by atoms with Crippen LogP contribution in [0.4, 0.5) is 25.0 Å². The van der Waals surface area contributed by atoms with Gasteiger partial charge in [-0.15, -0.1) is 0 Å². The predicted molar refractivity (Wildman–Crippen MR) is 99.5 cm³/mol. The molecule has 0 aliphatic carbocycles. The average molecular weight is 359 g/mol. The maximum absolute atomic E-state index is 13.4. The van der Waals surface area contributed by atoms with Crippen LogP contribution in [0, 0.1) is 25.5 Å². The Bertz CT molecular complexity index is 789. The van der Waals surface area contributed by atoms with E-state index in [0.717, 1.165) is 41.8 Å². The van der Waals surface area contributed by atoms with E-state index in [-0.39, 0.29) is 12.1 Å². The van der Waals surface area contributed by atoms with Crippen LogP contribution < -0.4 is 10.6 Å². The van der Waals surface area contributed by atoms with Crippen molar-refractivity contribution >= 4 is 17.4 Å². The standard InChI is InChI=1S/C20H23F2N3O/c1-13-5-3-6-14(2)19(13)24-20(26)25-10-4-7-16(12-25)23-15-8-9-17(21)18(22)11-15/h3,5-6,8-9,11,16,23H,4,7,10,12H2,1-2H3,(H,24,26). The molecule has 0 aromatic heterocycles. The molecule has 1 heterocycles. The minimum Gasteiger partial charge on any atom is -0.380 e. The molecule has 26 heavy (non-hydrogen) atoms. The van der Waals surface area contributed by atoms with Crippen LogP contribution in [0.1, 0.15) is 24.0 Å². The number of rotatable bonds is 3. The number of nitrogens with one attached hydrogen (secondary N) is 2. The highest BCUT2D eigenvalue weighted by molar-refractivity contribution is 5.91. The predicted octanol–water partition coefficient (Wildman–Crippen LogP) is 4.69. The van der Waals surface area contributed by atoms with Gasteiger partial charge in [0.2, 0.25) is 0 Å². The summed E-state index contributed by atoms with van der Waals surface area (Å²) in [5.74, 6) is -1.75. The normalized spacial score (nSPS) is 17.1. The second kappa shape index (κ2) is 7.72. The highest BCUT2D eigenvalue weighted by Gasteiger charge is 2.24. The zero-order chi connectivity index (χ0) is 18.7. The summed E-state index contributed by atoms with van der Waals surface area (Å²) in [7, 11) is 0. The number of nitrogens with zero attached hydrogens (tertiary/aromatic N) is 1. The maximum Gasteiger partial charge on any atom is 0.321 e. The highest BCUT2D eigenvalue weighted by atomic mass is 19.2. The number of urea groups is 1. The van der Waals surface area contributed by atoms with Crippen LogP contribution in [0.5, 0.6) is 0 Å². The van der Waals surface area contributed by atoms with Crippen molar-refractivity contribution < 1.29 is 13.6 Å². The molecular formula is C20H23F2N3O. The molecule has 0 saturated carbocycles. The number of carbonyl (C=O) groups is 1. The van der Waals surface area contributed by atoms with Gasteiger partial charge in [-0.2, -0.15) is 0 Å². The molecule has 2 aromatic rings. The molecule has 6 heteroatoms. The maximum atomic E-state index is 13.4. The van der Waals surface area contributed by atoms with E-state index in [1.165, 1.54) is 6.07 Å². The Kier molecular flexibility index (Phi) is 5.40. The molecule has 2 amide bonds. The second-order valence-corrected chi connectivity index (χ2v) is 6.76. The first kappa shape index (κ1) is 18.2. The van der Waals surface area contributed by atoms with E-state index in [4.69, 9.17) is 0 Å². The molecule has 0 radical (unpaired) electrons. The smallest absolute Gasteiger partial charge is 0.321 e. The molecule has 3 rings (SSSR count). The molecule has 4 nitrogen and oxygen atoms in total. The van der Waals surface area contributed by atoms with Crippen LogP contribution in [0.25, 0.3) is 0 Å². The summed E-state index contributed by atoms with van der Waals surface area (Å²) >= 11 is 0. The number of para-hydroxylation sites is 1. The van der Waals surface area contributed by atoms with Gasteiger partial charge in [0.25, 0.3) is 0 Å². The zero-order valence-corrected chi connectivity index (χ0v) is 15.0. The third-order valence-electron chi connectivity index (χ3n) is 4.71. The molecule has 138 valence electrons. The van der Waals surface area contributed by atoms with Gasteiger partial charge < -0.3 is 15.5 Å². The lowest BCUT2D eigenvalue weighted by molar-refractivity contribution is 0.196. The number of hydrogen-bond acceptors (Lipinski definition) is 2. The summed E-state index contributed by atoms with van der Waals surface area (Å²) in [5.41, 5.74) is 3.40. The van der Waals surface area contributed by atoms with Crippen molar-refractivity contribution in [1.82, 2.24) is 4.90 Å². The lowest BCUT2D eigenvalue weighted by atomic mass is 10.1. The molecule has 1 atom stereocenters. The summed E-state index contributed by atoms with van der Waals surface area (Å²) in [6, 6.07) is 9.50. The number of amides is 2. The topological polar surface area (TPSA) is 44.4 Å². The fourth-order valence-corrected chi connectivity index (χ4v) is 3.30. The fourth-order valence-electron chi connectivity index (χ4n) is 3.30. The number of carbonyl (C=O) groups excluding carboxylic acids is 1. The molecule has 1 fully saturated rings. The van der Waals surface area contributed by atoms with Crippen LogP contribution in [0.2, 0.25) is 0 Å². The Labute approximate surface area is 152 Å². The number of likely N-dealkylation sites (tertiary alicyclic amines) is 1. The van der Waals surface area contributed by atoms with Crippen molar-refractivity contribution in [2.45, 2.75) is 32.7 Å². The first-order chi connectivity index (χ1) is 12.4. The molecule has 1 unspecified atom stereocenters. The summed E-state index contributed by atoms with van der Waals surface area (Å²) in [5, 5.41) is 6.19. The van der Waals surface area contributed by atoms with E-state index in [1.54, 1.807) is 4.90 Å². The molecule has 1 saturated heterocycles. The van der Waals surface area contributed by atoms with Crippen molar-refractivity contribution in [3.8, 4) is 0 Å². The van der Waals surface area contributed by atoms with Crippen LogP contribution in [-0.4, -0.2) is 30.1 Å². The van der Waals surface area contributed by atoms with Crippen molar-refractivity contribution in [1.29, 1.82) is 0 Å². The number of aryl methyl sites for hydroxylation is 2. The number of halogens is 2.